The molecule has 28 heavy (non-hydrogen) atoms. The molecule has 7 atom stereocenters. The zero-order valence-electron chi connectivity index (χ0n) is 18.0. The molecule has 0 amide bonds. The molecule has 3 saturated carbocycles. The van der Waals surface area contributed by atoms with E-state index in [0.717, 1.165) is 31.4 Å². The number of allylic oxidation sites excluding steroid dienone is 1. The van der Waals surface area contributed by atoms with Crippen molar-refractivity contribution in [3.05, 3.63) is 23.0 Å². The van der Waals surface area contributed by atoms with E-state index in [1.54, 1.807) is 12.5 Å². The van der Waals surface area contributed by atoms with Crippen molar-refractivity contribution in [1.82, 2.24) is 9.78 Å². The Bertz CT molecular complexity index is 885. The molecule has 1 heterocycles. The molecule has 1 aromatic heterocycles. The second-order valence-electron chi connectivity index (χ2n) is 10.8. The minimum atomic E-state index is -1.12. The average Bonchev–Trinajstić information content (AvgIpc) is 3.10. The smallest absolute Gasteiger partial charge is 0.161 e. The Morgan fingerprint density at radius 1 is 1.25 bits per heavy atom. The monoisotopic (exact) mass is 382 g/mol. The van der Waals surface area contributed by atoms with Crippen LogP contribution in [-0.2, 0) is 18.3 Å². The van der Waals surface area contributed by atoms with E-state index < -0.39 is 5.60 Å². The third kappa shape index (κ3) is 2.10. The van der Waals surface area contributed by atoms with Crippen molar-refractivity contribution >= 4 is 11.9 Å². The van der Waals surface area contributed by atoms with Gasteiger partial charge in [0.05, 0.1) is 5.69 Å². The summed E-state index contributed by atoms with van der Waals surface area (Å²) in [5.41, 5.74) is 2.92. The molecule has 4 heteroatoms. The molecule has 0 aromatic carbocycles. The number of hydrogen-bond acceptors (Lipinski definition) is 3. The van der Waals surface area contributed by atoms with Gasteiger partial charge in [0.2, 0.25) is 0 Å². The van der Waals surface area contributed by atoms with Crippen LogP contribution in [0.3, 0.4) is 0 Å². The van der Waals surface area contributed by atoms with E-state index in [2.05, 4.69) is 38.1 Å². The van der Waals surface area contributed by atoms with Crippen LogP contribution in [0.4, 0.5) is 0 Å². The van der Waals surface area contributed by atoms with Gasteiger partial charge in [-0.1, -0.05) is 26.3 Å². The molecule has 152 valence electrons. The number of aryl methyl sites for hydroxylation is 1. The summed E-state index contributed by atoms with van der Waals surface area (Å²) >= 11 is 0. The van der Waals surface area contributed by atoms with Crippen LogP contribution in [0, 0.1) is 34.5 Å². The lowest BCUT2D eigenvalue weighted by Gasteiger charge is -2.60. The standard InChI is InChI=1S/C24H34N2O2/c1-14-10-17-18(6-8-23(4)19(17)7-9-24(23,28)15(2)27)22(3)12-16-13-26(5)25-21(16)11-20(14)22/h11,13-14,17-19,28H,6-10,12H2,1-5H3/t14-,17+,18-,19-,22+,23-,24-/m0/s1. The summed E-state index contributed by atoms with van der Waals surface area (Å²) in [6, 6.07) is 0. The number of ketones is 1. The first kappa shape index (κ1) is 18.6. The SMILES string of the molecule is CC(=O)[C@@]1(O)CC[C@H]2[C@@H]3C[C@H](C)C4=Cc5nn(C)cc5C[C@]4(C)[C@H]3CC[C@@]21C. The molecule has 0 radical (unpaired) electrons. The van der Waals surface area contributed by atoms with Gasteiger partial charge in [-0.25, -0.2) is 0 Å². The van der Waals surface area contributed by atoms with Gasteiger partial charge in [0, 0.05) is 18.7 Å². The van der Waals surface area contributed by atoms with Crippen molar-refractivity contribution in [3.63, 3.8) is 0 Å². The zero-order valence-corrected chi connectivity index (χ0v) is 18.0. The molecule has 1 aromatic rings. The normalized spacial score (nSPS) is 46.9. The Morgan fingerprint density at radius 3 is 2.68 bits per heavy atom. The summed E-state index contributed by atoms with van der Waals surface area (Å²) in [6.45, 7) is 8.67. The fraction of sp³-hybridized carbons (Fsp3) is 0.750. The molecule has 1 N–H and O–H groups in total. The number of aliphatic hydroxyl groups is 1. The van der Waals surface area contributed by atoms with Crippen LogP contribution in [0.15, 0.2) is 11.8 Å². The number of Topliss-reactive ketones (excluding diaryl/α,β-unsaturated/α-hetero) is 1. The number of nitrogens with zero attached hydrogens (tertiary/aromatic N) is 2. The van der Waals surface area contributed by atoms with Crippen LogP contribution in [0.1, 0.15) is 71.1 Å². The van der Waals surface area contributed by atoms with E-state index in [-0.39, 0.29) is 16.6 Å². The molecule has 0 spiro atoms. The van der Waals surface area contributed by atoms with E-state index in [9.17, 15) is 9.90 Å². The van der Waals surface area contributed by atoms with E-state index in [1.165, 1.54) is 12.0 Å². The topological polar surface area (TPSA) is 55.1 Å². The number of fused-ring (bicyclic) bond motifs is 6. The number of carbonyl (C=O) groups excluding carboxylic acids is 1. The van der Waals surface area contributed by atoms with Crippen LogP contribution >= 0.6 is 0 Å². The third-order valence-electron chi connectivity index (χ3n) is 9.59. The van der Waals surface area contributed by atoms with Crippen molar-refractivity contribution in [1.29, 1.82) is 0 Å². The van der Waals surface area contributed by atoms with Gasteiger partial charge in [-0.3, -0.25) is 9.48 Å². The Morgan fingerprint density at radius 2 is 1.96 bits per heavy atom. The highest BCUT2D eigenvalue weighted by molar-refractivity contribution is 5.86. The van der Waals surface area contributed by atoms with Gasteiger partial charge < -0.3 is 5.11 Å². The fourth-order valence-corrected chi connectivity index (χ4v) is 8.21. The van der Waals surface area contributed by atoms with Crippen molar-refractivity contribution < 1.29 is 9.90 Å². The lowest BCUT2D eigenvalue weighted by molar-refractivity contribution is -0.160. The summed E-state index contributed by atoms with van der Waals surface area (Å²) < 4.78 is 1.95. The van der Waals surface area contributed by atoms with Crippen molar-refractivity contribution in [2.45, 2.75) is 71.8 Å². The maximum atomic E-state index is 12.4. The Labute approximate surface area is 168 Å². The van der Waals surface area contributed by atoms with Crippen LogP contribution in [0.5, 0.6) is 0 Å². The molecule has 0 aliphatic heterocycles. The van der Waals surface area contributed by atoms with E-state index in [4.69, 9.17) is 0 Å². The maximum absolute atomic E-state index is 12.4. The van der Waals surface area contributed by atoms with Crippen LogP contribution in [-0.4, -0.2) is 26.3 Å². The highest BCUT2D eigenvalue weighted by Crippen LogP contribution is 2.68. The lowest BCUT2D eigenvalue weighted by Crippen LogP contribution is -2.58. The molecule has 4 aliphatic carbocycles. The molecule has 5 rings (SSSR count). The summed E-state index contributed by atoms with van der Waals surface area (Å²) in [5, 5.41) is 16.0. The minimum absolute atomic E-state index is 0.0238. The molecular formula is C24H34N2O2. The lowest BCUT2D eigenvalue weighted by atomic mass is 9.44. The fourth-order valence-electron chi connectivity index (χ4n) is 8.21. The first-order valence-electron chi connectivity index (χ1n) is 11.1. The number of aromatic nitrogens is 2. The van der Waals surface area contributed by atoms with Crippen molar-refractivity contribution in [2.75, 3.05) is 0 Å². The zero-order chi connectivity index (χ0) is 20.1. The average molecular weight is 383 g/mol. The second kappa shape index (κ2) is 5.59. The second-order valence-corrected chi connectivity index (χ2v) is 10.8. The first-order chi connectivity index (χ1) is 13.1. The molecule has 4 nitrogen and oxygen atoms in total. The van der Waals surface area contributed by atoms with E-state index in [1.807, 2.05) is 11.7 Å². The maximum Gasteiger partial charge on any atom is 0.161 e. The summed E-state index contributed by atoms with van der Waals surface area (Å²) in [5.74, 6) is 2.20. The number of carbonyl (C=O) groups is 1. The van der Waals surface area contributed by atoms with Gasteiger partial charge in [-0.15, -0.1) is 0 Å². The Hall–Kier alpha value is -1.42. The van der Waals surface area contributed by atoms with Crippen LogP contribution in [0.25, 0.3) is 6.08 Å². The Balaban J connectivity index is 1.55. The minimum Gasteiger partial charge on any atom is -0.382 e. The highest BCUT2D eigenvalue weighted by atomic mass is 16.3. The largest absolute Gasteiger partial charge is 0.382 e. The van der Waals surface area contributed by atoms with Gasteiger partial charge in [0.25, 0.3) is 0 Å². The first-order valence-corrected chi connectivity index (χ1v) is 11.1. The van der Waals surface area contributed by atoms with Crippen LogP contribution < -0.4 is 0 Å². The van der Waals surface area contributed by atoms with Crippen LogP contribution in [0.2, 0.25) is 0 Å². The molecule has 0 saturated heterocycles. The molecule has 0 bridgehead atoms. The predicted octanol–water partition coefficient (Wildman–Crippen LogP) is 4.17. The number of hydrogen-bond donors (Lipinski definition) is 1. The molecule has 4 aliphatic rings. The van der Waals surface area contributed by atoms with Crippen molar-refractivity contribution in [2.24, 2.45) is 41.5 Å². The summed E-state index contributed by atoms with van der Waals surface area (Å²) in [7, 11) is 2.02. The molecule has 0 unspecified atom stereocenters. The highest BCUT2D eigenvalue weighted by Gasteiger charge is 2.66. The van der Waals surface area contributed by atoms with Gasteiger partial charge >= 0.3 is 0 Å². The van der Waals surface area contributed by atoms with Gasteiger partial charge in [0.15, 0.2) is 5.78 Å². The van der Waals surface area contributed by atoms with Gasteiger partial charge in [-0.05, 0) is 86.2 Å². The number of rotatable bonds is 1. The van der Waals surface area contributed by atoms with Gasteiger partial charge in [0.1, 0.15) is 5.60 Å². The third-order valence-corrected chi connectivity index (χ3v) is 9.59. The van der Waals surface area contributed by atoms with E-state index >= 15 is 0 Å². The molecule has 3 fully saturated rings. The summed E-state index contributed by atoms with van der Waals surface area (Å²) in [6.07, 6.45) is 10.6. The quantitative estimate of drug-likeness (QED) is 0.793. The van der Waals surface area contributed by atoms with Crippen molar-refractivity contribution in [3.8, 4) is 0 Å². The van der Waals surface area contributed by atoms with E-state index in [0.29, 0.717) is 30.1 Å². The summed E-state index contributed by atoms with van der Waals surface area (Å²) in [4.78, 5) is 12.4. The predicted molar refractivity (Wildman–Crippen MR) is 109 cm³/mol. The molecular weight excluding hydrogens is 348 g/mol. The van der Waals surface area contributed by atoms with Gasteiger partial charge in [-0.2, -0.15) is 5.10 Å². The Kier molecular flexibility index (Phi) is 3.71.